The second-order valence-corrected chi connectivity index (χ2v) is 4.80. The Hall–Kier alpha value is -1.42. The number of fused-ring (bicyclic) bond motifs is 1. The number of benzene rings is 2. The third kappa shape index (κ3) is 2.25. The standard InChI is InChI=1S/C16H19N2O/c1-2-19-16(12-17-10-11-18-16)15-9-5-7-13-6-3-4-8-14(13)15/h3-9,17H,2,10-12H2,1H3. The quantitative estimate of drug-likeness (QED) is 0.913. The minimum atomic E-state index is -0.534. The molecule has 1 atom stereocenters. The van der Waals surface area contributed by atoms with E-state index in [1.165, 1.54) is 16.3 Å². The predicted molar refractivity (Wildman–Crippen MR) is 77.1 cm³/mol. The highest BCUT2D eigenvalue weighted by atomic mass is 16.5. The Morgan fingerprint density at radius 3 is 2.84 bits per heavy atom. The van der Waals surface area contributed by atoms with Gasteiger partial charge in [0.2, 0.25) is 0 Å². The molecule has 1 unspecified atom stereocenters. The fourth-order valence-electron chi connectivity index (χ4n) is 2.79. The Labute approximate surface area is 114 Å². The van der Waals surface area contributed by atoms with Crippen LogP contribution in [-0.4, -0.2) is 26.2 Å². The normalized spacial score (nSPS) is 23.6. The number of hydrogen-bond acceptors (Lipinski definition) is 2. The maximum absolute atomic E-state index is 6.04. The number of rotatable bonds is 3. The average Bonchev–Trinajstić information content (AvgIpc) is 2.48. The Balaban J connectivity index is 2.14. The van der Waals surface area contributed by atoms with Gasteiger partial charge in [0.05, 0.1) is 0 Å². The molecule has 1 fully saturated rings. The fourth-order valence-corrected chi connectivity index (χ4v) is 2.79. The summed E-state index contributed by atoms with van der Waals surface area (Å²) in [5.74, 6) is 0. The highest BCUT2D eigenvalue weighted by molar-refractivity contribution is 5.86. The summed E-state index contributed by atoms with van der Waals surface area (Å²) >= 11 is 0. The molecule has 1 aliphatic rings. The van der Waals surface area contributed by atoms with E-state index in [0.717, 1.165) is 19.6 Å². The second-order valence-electron chi connectivity index (χ2n) is 4.80. The van der Waals surface area contributed by atoms with Crippen LogP contribution in [0.1, 0.15) is 12.5 Å². The van der Waals surface area contributed by atoms with Gasteiger partial charge in [-0.15, -0.1) is 0 Å². The molecule has 0 bridgehead atoms. The summed E-state index contributed by atoms with van der Waals surface area (Å²) in [7, 11) is 0. The molecule has 0 spiro atoms. The lowest BCUT2D eigenvalue weighted by atomic mass is 9.94. The first-order valence-electron chi connectivity index (χ1n) is 6.87. The lowest BCUT2D eigenvalue weighted by molar-refractivity contribution is -0.0808. The van der Waals surface area contributed by atoms with Gasteiger partial charge in [0, 0.05) is 31.8 Å². The van der Waals surface area contributed by atoms with Crippen molar-refractivity contribution >= 4 is 10.8 Å². The van der Waals surface area contributed by atoms with E-state index < -0.39 is 5.72 Å². The van der Waals surface area contributed by atoms with E-state index in [1.54, 1.807) is 0 Å². The van der Waals surface area contributed by atoms with Crippen LogP contribution >= 0.6 is 0 Å². The molecule has 2 aromatic carbocycles. The molecule has 0 saturated carbocycles. The number of ether oxygens (including phenoxy) is 1. The summed E-state index contributed by atoms with van der Waals surface area (Å²) in [6.07, 6.45) is 0. The summed E-state index contributed by atoms with van der Waals surface area (Å²) in [6.45, 7) is 5.16. The van der Waals surface area contributed by atoms with Crippen molar-refractivity contribution in [2.24, 2.45) is 0 Å². The van der Waals surface area contributed by atoms with E-state index in [-0.39, 0.29) is 0 Å². The van der Waals surface area contributed by atoms with Crippen molar-refractivity contribution in [3.8, 4) is 0 Å². The molecule has 3 nitrogen and oxygen atoms in total. The average molecular weight is 255 g/mol. The van der Waals surface area contributed by atoms with Gasteiger partial charge in [-0.3, -0.25) is 0 Å². The van der Waals surface area contributed by atoms with E-state index in [4.69, 9.17) is 10.1 Å². The molecular weight excluding hydrogens is 236 g/mol. The van der Waals surface area contributed by atoms with Gasteiger partial charge in [0.25, 0.3) is 0 Å². The SMILES string of the molecule is CCOC1(c2cccc3ccccc23)CNCC[N]1. The van der Waals surface area contributed by atoms with Crippen LogP contribution in [0.25, 0.3) is 10.8 Å². The third-order valence-electron chi connectivity index (χ3n) is 3.61. The minimum absolute atomic E-state index is 0.534. The summed E-state index contributed by atoms with van der Waals surface area (Å²) in [5, 5.41) is 10.7. The van der Waals surface area contributed by atoms with Gasteiger partial charge < -0.3 is 10.1 Å². The molecular formula is C16H19N2O. The van der Waals surface area contributed by atoms with Gasteiger partial charge in [0.15, 0.2) is 5.72 Å². The van der Waals surface area contributed by atoms with E-state index >= 15 is 0 Å². The van der Waals surface area contributed by atoms with Crippen molar-refractivity contribution in [2.45, 2.75) is 12.6 Å². The molecule has 1 heterocycles. The molecule has 19 heavy (non-hydrogen) atoms. The van der Waals surface area contributed by atoms with E-state index in [9.17, 15) is 0 Å². The van der Waals surface area contributed by atoms with Crippen LogP contribution in [0.3, 0.4) is 0 Å². The molecule has 3 heteroatoms. The lowest BCUT2D eigenvalue weighted by Gasteiger charge is -2.37. The highest BCUT2D eigenvalue weighted by Gasteiger charge is 2.36. The van der Waals surface area contributed by atoms with Crippen LogP contribution in [0, 0.1) is 0 Å². The van der Waals surface area contributed by atoms with Gasteiger partial charge in [-0.05, 0) is 17.7 Å². The smallest absolute Gasteiger partial charge is 0.173 e. The fraction of sp³-hybridized carbons (Fsp3) is 0.375. The van der Waals surface area contributed by atoms with Crippen molar-refractivity contribution in [3.05, 3.63) is 48.0 Å². The molecule has 0 aliphatic carbocycles. The van der Waals surface area contributed by atoms with E-state index in [0.29, 0.717) is 6.61 Å². The Bertz CT molecular complexity index is 551. The molecule has 3 rings (SSSR count). The number of nitrogens with one attached hydrogen (secondary N) is 1. The number of nitrogens with zero attached hydrogens (tertiary/aromatic N) is 1. The Morgan fingerprint density at radius 2 is 2.05 bits per heavy atom. The van der Waals surface area contributed by atoms with Crippen LogP contribution in [0.5, 0.6) is 0 Å². The lowest BCUT2D eigenvalue weighted by Crippen LogP contribution is -2.54. The molecule has 1 aliphatic heterocycles. The first-order chi connectivity index (χ1) is 9.36. The molecule has 0 amide bonds. The Morgan fingerprint density at radius 1 is 1.21 bits per heavy atom. The largest absolute Gasteiger partial charge is 0.354 e. The van der Waals surface area contributed by atoms with Gasteiger partial charge in [-0.25, -0.2) is 5.32 Å². The van der Waals surface area contributed by atoms with E-state index in [1.807, 2.05) is 6.92 Å². The van der Waals surface area contributed by atoms with Gasteiger partial charge >= 0.3 is 0 Å². The molecule has 0 aromatic heterocycles. The Kier molecular flexibility index (Phi) is 3.51. The van der Waals surface area contributed by atoms with Crippen LogP contribution in [-0.2, 0) is 10.5 Å². The number of hydrogen-bond donors (Lipinski definition) is 1. The van der Waals surface area contributed by atoms with Gasteiger partial charge in [-0.1, -0.05) is 42.5 Å². The zero-order valence-electron chi connectivity index (χ0n) is 11.2. The minimum Gasteiger partial charge on any atom is -0.354 e. The molecule has 1 saturated heterocycles. The van der Waals surface area contributed by atoms with Gasteiger partial charge in [-0.2, -0.15) is 0 Å². The van der Waals surface area contributed by atoms with Crippen molar-refractivity contribution < 1.29 is 4.74 Å². The van der Waals surface area contributed by atoms with Gasteiger partial charge in [0.1, 0.15) is 0 Å². The maximum Gasteiger partial charge on any atom is 0.173 e. The predicted octanol–water partition coefficient (Wildman–Crippen LogP) is 2.24. The molecule has 99 valence electrons. The molecule has 2 aromatic rings. The molecule has 1 N–H and O–H groups in total. The monoisotopic (exact) mass is 255 g/mol. The zero-order chi connectivity index (χ0) is 13.1. The first kappa shape index (κ1) is 12.6. The van der Waals surface area contributed by atoms with Crippen molar-refractivity contribution in [2.75, 3.05) is 26.2 Å². The summed E-state index contributed by atoms with van der Waals surface area (Å²) < 4.78 is 6.04. The second kappa shape index (κ2) is 5.29. The van der Waals surface area contributed by atoms with Crippen LogP contribution in [0.2, 0.25) is 0 Å². The first-order valence-corrected chi connectivity index (χ1v) is 6.87. The maximum atomic E-state index is 6.04. The molecule has 1 radical (unpaired) electrons. The van der Waals surface area contributed by atoms with Crippen LogP contribution in [0.15, 0.2) is 42.5 Å². The topological polar surface area (TPSA) is 35.4 Å². The zero-order valence-corrected chi connectivity index (χ0v) is 11.2. The van der Waals surface area contributed by atoms with E-state index in [2.05, 4.69) is 47.8 Å². The van der Waals surface area contributed by atoms with Crippen molar-refractivity contribution in [1.82, 2.24) is 10.6 Å². The highest BCUT2D eigenvalue weighted by Crippen LogP contribution is 2.31. The third-order valence-corrected chi connectivity index (χ3v) is 3.61. The van der Waals surface area contributed by atoms with Crippen LogP contribution in [0.4, 0.5) is 0 Å². The number of piperazine rings is 1. The van der Waals surface area contributed by atoms with Crippen molar-refractivity contribution in [3.63, 3.8) is 0 Å². The summed E-state index contributed by atoms with van der Waals surface area (Å²) in [5.41, 5.74) is 0.632. The summed E-state index contributed by atoms with van der Waals surface area (Å²) in [6, 6.07) is 14.8. The van der Waals surface area contributed by atoms with Crippen LogP contribution < -0.4 is 10.6 Å². The van der Waals surface area contributed by atoms with Crippen molar-refractivity contribution in [1.29, 1.82) is 0 Å². The summed E-state index contributed by atoms with van der Waals surface area (Å²) in [4.78, 5) is 0.